The van der Waals surface area contributed by atoms with Crippen molar-refractivity contribution in [2.24, 2.45) is 0 Å². The number of benzene rings is 3. The van der Waals surface area contributed by atoms with Crippen molar-refractivity contribution in [3.05, 3.63) is 72.8 Å². The smallest absolute Gasteiger partial charge is 0.213 e. The molecule has 0 aliphatic heterocycles. The van der Waals surface area contributed by atoms with Gasteiger partial charge in [0.05, 0.1) is 16.5 Å². The summed E-state index contributed by atoms with van der Waals surface area (Å²) in [6, 6.07) is 23.6. The molecule has 0 amide bonds. The number of phenols is 1. The largest absolute Gasteiger partial charge is 0.508 e. The lowest BCUT2D eigenvalue weighted by molar-refractivity contribution is -0.310. The average molecular weight is 287 g/mol. The molecular weight excluding hydrogens is 272 g/mol. The third-order valence-corrected chi connectivity index (χ3v) is 3.78. The molecule has 0 radical (unpaired) electrons. The minimum Gasteiger partial charge on any atom is -0.508 e. The van der Waals surface area contributed by atoms with E-state index in [9.17, 15) is 5.11 Å². The molecule has 22 heavy (non-hydrogen) atoms. The molecule has 0 spiro atoms. The van der Waals surface area contributed by atoms with Crippen molar-refractivity contribution in [1.29, 1.82) is 0 Å². The number of para-hydroxylation sites is 2. The molecule has 3 N–H and O–H groups in total. The number of aromatic hydroxyl groups is 1. The molecule has 0 saturated heterocycles. The molecule has 1 heterocycles. The molecule has 0 aliphatic carbocycles. The topological polar surface area (TPSA) is 46.4 Å². The first-order chi connectivity index (χ1) is 10.8. The fraction of sp³-hybridized carbons (Fsp3) is 0. The molecule has 3 aromatic carbocycles. The standard InChI is InChI=1S/C19H14N2O/c22-14-7-5-6-13(12-14)20-19-15-8-1-3-10-17(15)21-18-11-4-2-9-16(18)19/h1-12,22H,(H,20,21)/p+1. The fourth-order valence-corrected chi connectivity index (χ4v) is 2.77. The lowest BCUT2D eigenvalue weighted by atomic mass is 10.1. The highest BCUT2D eigenvalue weighted by molar-refractivity contribution is 6.05. The molecule has 0 atom stereocenters. The summed E-state index contributed by atoms with van der Waals surface area (Å²) >= 11 is 0. The molecule has 1 aromatic heterocycles. The van der Waals surface area contributed by atoms with Crippen LogP contribution in [0, 0.1) is 0 Å². The Hall–Kier alpha value is -3.07. The highest BCUT2D eigenvalue weighted by Gasteiger charge is 2.13. The average Bonchev–Trinajstić information content (AvgIpc) is 2.55. The van der Waals surface area contributed by atoms with Crippen LogP contribution >= 0.6 is 0 Å². The van der Waals surface area contributed by atoms with Crippen LogP contribution in [0.1, 0.15) is 0 Å². The monoisotopic (exact) mass is 287 g/mol. The zero-order valence-corrected chi connectivity index (χ0v) is 11.9. The van der Waals surface area contributed by atoms with Gasteiger partial charge >= 0.3 is 0 Å². The summed E-state index contributed by atoms with van der Waals surface area (Å²) in [5, 5.41) is 15.4. The Morgan fingerprint density at radius 2 is 1.36 bits per heavy atom. The van der Waals surface area contributed by atoms with Gasteiger partial charge in [-0.15, -0.1) is 0 Å². The summed E-state index contributed by atoms with van der Waals surface area (Å²) in [5.74, 6) is 0.251. The number of pyridine rings is 1. The number of anilines is 2. The van der Waals surface area contributed by atoms with E-state index in [-0.39, 0.29) is 5.75 Å². The highest BCUT2D eigenvalue weighted by atomic mass is 16.3. The summed E-state index contributed by atoms with van der Waals surface area (Å²) in [6.45, 7) is 0. The third kappa shape index (κ3) is 2.13. The van der Waals surface area contributed by atoms with Crippen LogP contribution in [0.3, 0.4) is 0 Å². The number of hydrogen-bond donors (Lipinski definition) is 2. The van der Waals surface area contributed by atoms with E-state index in [0.717, 1.165) is 33.2 Å². The van der Waals surface area contributed by atoms with E-state index < -0.39 is 0 Å². The van der Waals surface area contributed by atoms with Crippen molar-refractivity contribution >= 4 is 33.2 Å². The highest BCUT2D eigenvalue weighted by Crippen LogP contribution is 2.31. The maximum Gasteiger partial charge on any atom is 0.213 e. The van der Waals surface area contributed by atoms with Crippen LogP contribution in [0.25, 0.3) is 21.8 Å². The normalized spacial score (nSPS) is 10.9. The molecule has 0 unspecified atom stereocenters. The Bertz CT molecular complexity index is 925. The van der Waals surface area contributed by atoms with E-state index in [1.165, 1.54) is 0 Å². The van der Waals surface area contributed by atoms with E-state index in [4.69, 9.17) is 0 Å². The van der Waals surface area contributed by atoms with E-state index in [1.54, 1.807) is 12.1 Å². The second-order valence-electron chi connectivity index (χ2n) is 5.27. The zero-order valence-electron chi connectivity index (χ0n) is 11.9. The van der Waals surface area contributed by atoms with E-state index in [2.05, 4.69) is 34.6 Å². The SMILES string of the molecule is Oc1cccc(Nc2c3ccccc3[nH+]c3ccccc23)c1. The van der Waals surface area contributed by atoms with Crippen LogP contribution in [-0.2, 0) is 0 Å². The van der Waals surface area contributed by atoms with Gasteiger partial charge in [-0.3, -0.25) is 0 Å². The van der Waals surface area contributed by atoms with Crippen LogP contribution in [0.15, 0.2) is 72.8 Å². The molecular formula is C19H15N2O+. The maximum atomic E-state index is 9.67. The summed E-state index contributed by atoms with van der Waals surface area (Å²) in [7, 11) is 0. The Balaban J connectivity index is 2.00. The summed E-state index contributed by atoms with van der Waals surface area (Å²) in [4.78, 5) is 3.46. The van der Waals surface area contributed by atoms with Gasteiger partial charge < -0.3 is 10.4 Å². The summed E-state index contributed by atoms with van der Waals surface area (Å²) < 4.78 is 0. The van der Waals surface area contributed by atoms with Crippen LogP contribution in [0.4, 0.5) is 11.4 Å². The Morgan fingerprint density at radius 3 is 2.00 bits per heavy atom. The van der Waals surface area contributed by atoms with Crippen LogP contribution < -0.4 is 10.3 Å². The lowest BCUT2D eigenvalue weighted by Crippen LogP contribution is -2.07. The zero-order chi connectivity index (χ0) is 14.9. The van der Waals surface area contributed by atoms with Gasteiger partial charge in [0, 0.05) is 23.9 Å². The molecule has 4 aromatic rings. The lowest BCUT2D eigenvalue weighted by Gasteiger charge is -2.10. The van der Waals surface area contributed by atoms with Crippen LogP contribution in [-0.4, -0.2) is 5.11 Å². The number of fused-ring (bicyclic) bond motifs is 2. The molecule has 3 nitrogen and oxygen atoms in total. The van der Waals surface area contributed by atoms with Gasteiger partial charge in [-0.2, -0.15) is 0 Å². The predicted octanol–water partition coefficient (Wildman–Crippen LogP) is 4.26. The summed E-state index contributed by atoms with van der Waals surface area (Å²) in [5.41, 5.74) is 4.05. The summed E-state index contributed by atoms with van der Waals surface area (Å²) in [6.07, 6.45) is 0. The number of phenolic OH excluding ortho intramolecular Hbond substituents is 1. The van der Waals surface area contributed by atoms with Crippen molar-refractivity contribution in [2.75, 3.05) is 5.32 Å². The number of rotatable bonds is 2. The van der Waals surface area contributed by atoms with Crippen molar-refractivity contribution in [1.82, 2.24) is 0 Å². The Kier molecular flexibility index (Phi) is 2.90. The van der Waals surface area contributed by atoms with Crippen molar-refractivity contribution < 1.29 is 10.1 Å². The van der Waals surface area contributed by atoms with Crippen molar-refractivity contribution in [2.45, 2.75) is 0 Å². The van der Waals surface area contributed by atoms with E-state index in [0.29, 0.717) is 0 Å². The van der Waals surface area contributed by atoms with Gasteiger partial charge in [0.2, 0.25) is 11.0 Å². The second kappa shape index (κ2) is 5.04. The van der Waals surface area contributed by atoms with Crippen LogP contribution in [0.5, 0.6) is 5.75 Å². The first kappa shape index (κ1) is 12.7. The van der Waals surface area contributed by atoms with Crippen LogP contribution in [0.2, 0.25) is 0 Å². The number of aromatic amines is 1. The molecule has 0 bridgehead atoms. The predicted molar refractivity (Wildman–Crippen MR) is 89.4 cm³/mol. The third-order valence-electron chi connectivity index (χ3n) is 3.78. The Morgan fingerprint density at radius 1 is 0.727 bits per heavy atom. The number of nitrogens with one attached hydrogen (secondary N) is 2. The minimum absolute atomic E-state index is 0.251. The molecule has 106 valence electrons. The minimum atomic E-state index is 0.251. The van der Waals surface area contributed by atoms with Gasteiger partial charge in [0.15, 0.2) is 0 Å². The van der Waals surface area contributed by atoms with Gasteiger partial charge in [-0.25, -0.2) is 4.98 Å². The second-order valence-corrected chi connectivity index (χ2v) is 5.27. The maximum absolute atomic E-state index is 9.67. The quantitative estimate of drug-likeness (QED) is 0.541. The van der Waals surface area contributed by atoms with Gasteiger partial charge in [-0.1, -0.05) is 30.3 Å². The van der Waals surface area contributed by atoms with Gasteiger partial charge in [0.1, 0.15) is 5.75 Å². The molecule has 0 fully saturated rings. The molecule has 0 saturated carbocycles. The first-order valence-corrected chi connectivity index (χ1v) is 7.20. The fourth-order valence-electron chi connectivity index (χ4n) is 2.77. The number of hydrogen-bond acceptors (Lipinski definition) is 2. The Labute approximate surface area is 127 Å². The van der Waals surface area contributed by atoms with Crippen molar-refractivity contribution in [3.8, 4) is 5.75 Å². The molecule has 0 aliphatic rings. The number of H-pyrrole nitrogens is 1. The molecule has 3 heteroatoms. The van der Waals surface area contributed by atoms with Crippen molar-refractivity contribution in [3.63, 3.8) is 0 Å². The van der Waals surface area contributed by atoms with E-state index >= 15 is 0 Å². The first-order valence-electron chi connectivity index (χ1n) is 7.20. The number of aromatic nitrogens is 1. The van der Waals surface area contributed by atoms with Gasteiger partial charge in [0.25, 0.3) is 0 Å². The van der Waals surface area contributed by atoms with E-state index in [1.807, 2.05) is 36.4 Å². The van der Waals surface area contributed by atoms with Gasteiger partial charge in [-0.05, 0) is 24.3 Å². The molecule has 4 rings (SSSR count).